The maximum absolute atomic E-state index is 2.39. The summed E-state index contributed by atoms with van der Waals surface area (Å²) in [7, 11) is 0. The van der Waals surface area contributed by atoms with Crippen molar-refractivity contribution in [1.82, 2.24) is 0 Å². The highest BCUT2D eigenvalue weighted by atomic mass is 15.1. The van der Waals surface area contributed by atoms with Crippen LogP contribution in [-0.4, -0.2) is 0 Å². The van der Waals surface area contributed by atoms with Gasteiger partial charge in [-0.1, -0.05) is 104 Å². The smallest absolute Gasteiger partial charge is 0.0465 e. The van der Waals surface area contributed by atoms with Crippen LogP contribution in [0.4, 0.5) is 17.1 Å². The van der Waals surface area contributed by atoms with Gasteiger partial charge in [0.1, 0.15) is 0 Å². The molecule has 0 atom stereocenters. The molecule has 170 valence electrons. The first-order chi connectivity index (χ1) is 17.0. The van der Waals surface area contributed by atoms with Gasteiger partial charge in [-0.25, -0.2) is 0 Å². The molecule has 5 aromatic carbocycles. The molecule has 0 saturated heterocycles. The molecule has 0 N–H and O–H groups in total. The van der Waals surface area contributed by atoms with E-state index >= 15 is 0 Å². The van der Waals surface area contributed by atoms with Gasteiger partial charge in [0.2, 0.25) is 0 Å². The largest absolute Gasteiger partial charge is 0.310 e. The molecule has 0 amide bonds. The van der Waals surface area contributed by atoms with Gasteiger partial charge in [0.05, 0.1) is 0 Å². The molecule has 0 aromatic heterocycles. The number of nitrogens with zero attached hydrogens (tertiary/aromatic N) is 1. The summed E-state index contributed by atoms with van der Waals surface area (Å²) in [5.74, 6) is 0. The fourth-order valence-electron chi connectivity index (χ4n) is 5.41. The lowest BCUT2D eigenvalue weighted by molar-refractivity contribution is 0.660. The van der Waals surface area contributed by atoms with E-state index in [1.165, 1.54) is 44.6 Å². The minimum atomic E-state index is -0.0297. The van der Waals surface area contributed by atoms with E-state index in [1.54, 1.807) is 0 Å². The van der Waals surface area contributed by atoms with Crippen molar-refractivity contribution < 1.29 is 0 Å². The second-order valence-corrected chi connectivity index (χ2v) is 9.98. The SMILES string of the molecule is Cc1ccc(N(c2ccc(-c3ccccc3)cc2)c2ccc3c(c2)C(C)(C)c2ccccc2-3)cc1. The fraction of sp³-hybridized carbons (Fsp3) is 0.118. The number of aryl methyl sites for hydroxylation is 1. The van der Waals surface area contributed by atoms with Gasteiger partial charge in [-0.05, 0) is 76.7 Å². The van der Waals surface area contributed by atoms with Gasteiger partial charge in [0.15, 0.2) is 0 Å². The molecular weight excluding hydrogens is 422 g/mol. The quantitative estimate of drug-likeness (QED) is 0.263. The molecule has 0 spiro atoms. The Kier molecular flexibility index (Phi) is 5.07. The highest BCUT2D eigenvalue weighted by molar-refractivity contribution is 5.85. The van der Waals surface area contributed by atoms with Gasteiger partial charge in [0, 0.05) is 22.5 Å². The molecule has 1 aliphatic rings. The number of rotatable bonds is 4. The van der Waals surface area contributed by atoms with Gasteiger partial charge in [-0.15, -0.1) is 0 Å². The Labute approximate surface area is 208 Å². The summed E-state index contributed by atoms with van der Waals surface area (Å²) in [4.78, 5) is 2.37. The van der Waals surface area contributed by atoms with E-state index in [0.717, 1.165) is 11.4 Å². The Balaban J connectivity index is 1.47. The molecule has 0 aliphatic heterocycles. The van der Waals surface area contributed by atoms with Crippen molar-refractivity contribution >= 4 is 17.1 Å². The van der Waals surface area contributed by atoms with Crippen LogP contribution in [0, 0.1) is 6.92 Å². The zero-order valence-corrected chi connectivity index (χ0v) is 20.5. The maximum atomic E-state index is 2.39. The monoisotopic (exact) mass is 451 g/mol. The summed E-state index contributed by atoms with van der Waals surface area (Å²) < 4.78 is 0. The number of hydrogen-bond acceptors (Lipinski definition) is 1. The van der Waals surface area contributed by atoms with Crippen molar-refractivity contribution in [1.29, 1.82) is 0 Å². The molecular formula is C34H29N. The van der Waals surface area contributed by atoms with Crippen molar-refractivity contribution in [3.05, 3.63) is 138 Å². The van der Waals surface area contributed by atoms with E-state index in [4.69, 9.17) is 0 Å². The standard InChI is InChI=1S/C34H29N/c1-24-13-17-27(18-14-24)35(28-19-15-26(16-20-28)25-9-5-4-6-10-25)29-21-22-31-30-11-7-8-12-32(30)34(2,3)33(31)23-29/h4-23H,1-3H3. The molecule has 6 rings (SSSR count). The van der Waals surface area contributed by atoms with E-state index in [0.29, 0.717) is 0 Å². The molecule has 5 aromatic rings. The van der Waals surface area contributed by atoms with E-state index in [2.05, 4.69) is 147 Å². The van der Waals surface area contributed by atoms with Crippen LogP contribution >= 0.6 is 0 Å². The van der Waals surface area contributed by atoms with Crippen LogP contribution in [0.2, 0.25) is 0 Å². The van der Waals surface area contributed by atoms with Crippen molar-refractivity contribution in [2.45, 2.75) is 26.2 Å². The van der Waals surface area contributed by atoms with Gasteiger partial charge in [-0.2, -0.15) is 0 Å². The molecule has 0 radical (unpaired) electrons. The summed E-state index contributed by atoms with van der Waals surface area (Å²) in [5.41, 5.74) is 12.7. The second kappa shape index (κ2) is 8.29. The van der Waals surface area contributed by atoms with Crippen molar-refractivity contribution in [3.8, 4) is 22.3 Å². The van der Waals surface area contributed by atoms with E-state index < -0.39 is 0 Å². The van der Waals surface area contributed by atoms with Gasteiger partial charge < -0.3 is 4.90 Å². The molecule has 0 fully saturated rings. The van der Waals surface area contributed by atoms with Crippen LogP contribution in [0.1, 0.15) is 30.5 Å². The molecule has 35 heavy (non-hydrogen) atoms. The second-order valence-electron chi connectivity index (χ2n) is 9.98. The maximum Gasteiger partial charge on any atom is 0.0465 e. The highest BCUT2D eigenvalue weighted by Crippen LogP contribution is 2.50. The summed E-state index contributed by atoms with van der Waals surface area (Å²) in [6.45, 7) is 6.82. The summed E-state index contributed by atoms with van der Waals surface area (Å²) in [6.07, 6.45) is 0. The lowest BCUT2D eigenvalue weighted by Gasteiger charge is -2.28. The lowest BCUT2D eigenvalue weighted by Crippen LogP contribution is -2.16. The zero-order chi connectivity index (χ0) is 24.0. The molecule has 1 aliphatic carbocycles. The van der Waals surface area contributed by atoms with Gasteiger partial charge >= 0.3 is 0 Å². The van der Waals surface area contributed by atoms with Crippen LogP contribution in [0.5, 0.6) is 0 Å². The van der Waals surface area contributed by atoms with Crippen molar-refractivity contribution in [2.75, 3.05) is 4.90 Å². The average molecular weight is 452 g/mol. The molecule has 0 saturated carbocycles. The van der Waals surface area contributed by atoms with Gasteiger partial charge in [-0.3, -0.25) is 0 Å². The Morgan fingerprint density at radius 1 is 0.486 bits per heavy atom. The Bertz CT molecular complexity index is 1490. The first kappa shape index (κ1) is 21.4. The molecule has 0 unspecified atom stereocenters. The topological polar surface area (TPSA) is 3.24 Å². The Morgan fingerprint density at radius 2 is 1.03 bits per heavy atom. The number of anilines is 3. The van der Waals surface area contributed by atoms with E-state index in [1.807, 2.05) is 0 Å². The molecule has 0 bridgehead atoms. The first-order valence-electron chi connectivity index (χ1n) is 12.3. The lowest BCUT2D eigenvalue weighted by atomic mass is 9.82. The number of fused-ring (bicyclic) bond motifs is 3. The summed E-state index contributed by atoms with van der Waals surface area (Å²) in [6, 6.07) is 44.1. The normalized spacial score (nSPS) is 13.2. The van der Waals surface area contributed by atoms with Crippen LogP contribution < -0.4 is 4.90 Å². The predicted molar refractivity (Wildman–Crippen MR) is 149 cm³/mol. The van der Waals surface area contributed by atoms with E-state index in [9.17, 15) is 0 Å². The van der Waals surface area contributed by atoms with Crippen molar-refractivity contribution in [2.24, 2.45) is 0 Å². The summed E-state index contributed by atoms with van der Waals surface area (Å²) >= 11 is 0. The number of hydrogen-bond donors (Lipinski definition) is 0. The third kappa shape index (κ3) is 3.65. The third-order valence-electron chi connectivity index (χ3n) is 7.35. The third-order valence-corrected chi connectivity index (χ3v) is 7.35. The minimum Gasteiger partial charge on any atom is -0.310 e. The molecule has 1 heteroatoms. The fourth-order valence-corrected chi connectivity index (χ4v) is 5.41. The first-order valence-corrected chi connectivity index (χ1v) is 12.3. The predicted octanol–water partition coefficient (Wildman–Crippen LogP) is 9.44. The van der Waals surface area contributed by atoms with Crippen LogP contribution in [0.3, 0.4) is 0 Å². The zero-order valence-electron chi connectivity index (χ0n) is 20.5. The summed E-state index contributed by atoms with van der Waals surface area (Å²) in [5, 5.41) is 0. The average Bonchev–Trinajstić information content (AvgIpc) is 3.13. The Hall–Kier alpha value is -4.10. The minimum absolute atomic E-state index is 0.0297. The van der Waals surface area contributed by atoms with Crippen LogP contribution in [-0.2, 0) is 5.41 Å². The van der Waals surface area contributed by atoms with Crippen LogP contribution in [0.15, 0.2) is 121 Å². The van der Waals surface area contributed by atoms with Crippen LogP contribution in [0.25, 0.3) is 22.3 Å². The highest BCUT2D eigenvalue weighted by Gasteiger charge is 2.35. The van der Waals surface area contributed by atoms with Gasteiger partial charge in [0.25, 0.3) is 0 Å². The number of benzene rings is 5. The van der Waals surface area contributed by atoms with Crippen molar-refractivity contribution in [3.63, 3.8) is 0 Å². The molecule has 1 nitrogen and oxygen atoms in total. The van der Waals surface area contributed by atoms with E-state index in [-0.39, 0.29) is 5.41 Å². The Morgan fingerprint density at radius 3 is 1.74 bits per heavy atom. The molecule has 0 heterocycles.